The average Bonchev–Trinajstić information content (AvgIpc) is 2.89. The van der Waals surface area contributed by atoms with E-state index in [4.69, 9.17) is 0 Å². The fourth-order valence-electron chi connectivity index (χ4n) is 3.22. The molecule has 1 saturated carbocycles. The monoisotopic (exact) mass is 267 g/mol. The topological polar surface area (TPSA) is 32.3 Å². The molecular weight excluding hydrogens is 246 g/mol. The summed E-state index contributed by atoms with van der Waals surface area (Å²) in [6.07, 6.45) is 2.62. The molecule has 0 aromatic heterocycles. The highest BCUT2D eigenvalue weighted by atomic mass is 16.3. The maximum absolute atomic E-state index is 10.5. The Bertz CT molecular complexity index is 540. The summed E-state index contributed by atoms with van der Waals surface area (Å²) < 4.78 is 0. The smallest absolute Gasteiger partial charge is 0.0763 e. The van der Waals surface area contributed by atoms with Crippen molar-refractivity contribution in [1.29, 1.82) is 0 Å². The SMILES string of the molecule is O[C@H]1CCC[C@]1(NCc1ccccc1)c1ccccc1. The van der Waals surface area contributed by atoms with E-state index in [1.54, 1.807) is 0 Å². The Labute approximate surface area is 120 Å². The molecule has 20 heavy (non-hydrogen) atoms. The molecule has 2 heteroatoms. The maximum Gasteiger partial charge on any atom is 0.0763 e. The number of aliphatic hydroxyl groups excluding tert-OH is 1. The zero-order chi connectivity index (χ0) is 13.8. The lowest BCUT2D eigenvalue weighted by atomic mass is 9.86. The summed E-state index contributed by atoms with van der Waals surface area (Å²) in [5.41, 5.74) is 2.15. The lowest BCUT2D eigenvalue weighted by molar-refractivity contribution is 0.0823. The summed E-state index contributed by atoms with van der Waals surface area (Å²) in [6.45, 7) is 0.785. The molecule has 2 nitrogen and oxygen atoms in total. The first-order chi connectivity index (χ1) is 9.81. The first-order valence-electron chi connectivity index (χ1n) is 7.34. The molecule has 0 spiro atoms. The molecule has 0 heterocycles. The van der Waals surface area contributed by atoms with Gasteiger partial charge in [-0.2, -0.15) is 0 Å². The second kappa shape index (κ2) is 5.78. The molecule has 2 aromatic rings. The van der Waals surface area contributed by atoms with E-state index in [0.29, 0.717) is 0 Å². The van der Waals surface area contributed by atoms with Crippen LogP contribution in [0.2, 0.25) is 0 Å². The third kappa shape index (κ3) is 2.49. The van der Waals surface area contributed by atoms with E-state index in [0.717, 1.165) is 25.8 Å². The van der Waals surface area contributed by atoms with Crippen molar-refractivity contribution in [3.8, 4) is 0 Å². The van der Waals surface area contributed by atoms with Crippen molar-refractivity contribution in [3.63, 3.8) is 0 Å². The van der Waals surface area contributed by atoms with Gasteiger partial charge in [0.15, 0.2) is 0 Å². The molecule has 104 valence electrons. The van der Waals surface area contributed by atoms with Crippen LogP contribution in [0, 0.1) is 0 Å². The third-order valence-corrected chi connectivity index (χ3v) is 4.36. The molecule has 2 aromatic carbocycles. The summed E-state index contributed by atoms with van der Waals surface area (Å²) in [5.74, 6) is 0. The first-order valence-corrected chi connectivity index (χ1v) is 7.34. The van der Waals surface area contributed by atoms with E-state index in [-0.39, 0.29) is 11.6 Å². The van der Waals surface area contributed by atoms with E-state index in [9.17, 15) is 5.11 Å². The Morgan fingerprint density at radius 1 is 1.00 bits per heavy atom. The Balaban J connectivity index is 1.84. The van der Waals surface area contributed by atoms with E-state index in [2.05, 4.69) is 41.7 Å². The van der Waals surface area contributed by atoms with Crippen molar-refractivity contribution in [3.05, 3.63) is 71.8 Å². The quantitative estimate of drug-likeness (QED) is 0.891. The molecule has 0 aliphatic heterocycles. The largest absolute Gasteiger partial charge is 0.391 e. The highest BCUT2D eigenvalue weighted by molar-refractivity contribution is 5.28. The highest BCUT2D eigenvalue weighted by Gasteiger charge is 2.42. The minimum absolute atomic E-state index is 0.295. The number of aliphatic hydroxyl groups is 1. The average molecular weight is 267 g/mol. The molecule has 0 radical (unpaired) electrons. The van der Waals surface area contributed by atoms with Crippen molar-refractivity contribution >= 4 is 0 Å². The molecule has 0 bridgehead atoms. The number of hydrogen-bond acceptors (Lipinski definition) is 2. The summed E-state index contributed by atoms with van der Waals surface area (Å²) >= 11 is 0. The molecule has 1 aliphatic rings. The second-order valence-corrected chi connectivity index (χ2v) is 5.58. The van der Waals surface area contributed by atoms with Crippen molar-refractivity contribution in [1.82, 2.24) is 5.32 Å². The van der Waals surface area contributed by atoms with Gasteiger partial charge >= 0.3 is 0 Å². The molecule has 1 aliphatic carbocycles. The third-order valence-electron chi connectivity index (χ3n) is 4.36. The van der Waals surface area contributed by atoms with Gasteiger partial charge < -0.3 is 10.4 Å². The van der Waals surface area contributed by atoms with Crippen LogP contribution in [0.25, 0.3) is 0 Å². The molecule has 0 amide bonds. The molecule has 3 rings (SSSR count). The lowest BCUT2D eigenvalue weighted by Crippen LogP contribution is -2.47. The second-order valence-electron chi connectivity index (χ2n) is 5.58. The predicted octanol–water partition coefficient (Wildman–Crippen LogP) is 3.22. The fraction of sp³-hybridized carbons (Fsp3) is 0.333. The summed E-state index contributed by atoms with van der Waals surface area (Å²) in [7, 11) is 0. The number of rotatable bonds is 4. The normalized spacial score (nSPS) is 25.8. The first kappa shape index (κ1) is 13.3. The molecular formula is C18H21NO. The van der Waals surface area contributed by atoms with E-state index in [1.165, 1.54) is 11.1 Å². The van der Waals surface area contributed by atoms with Crippen LogP contribution in [0.1, 0.15) is 30.4 Å². The Morgan fingerprint density at radius 2 is 1.65 bits per heavy atom. The molecule has 0 unspecified atom stereocenters. The Morgan fingerprint density at radius 3 is 2.25 bits per heavy atom. The van der Waals surface area contributed by atoms with Gasteiger partial charge in [0.2, 0.25) is 0 Å². The van der Waals surface area contributed by atoms with E-state index in [1.807, 2.05) is 24.3 Å². The fourth-order valence-corrected chi connectivity index (χ4v) is 3.22. The van der Waals surface area contributed by atoms with Crippen LogP contribution < -0.4 is 5.32 Å². The number of benzene rings is 2. The summed E-state index contributed by atoms with van der Waals surface area (Å²) in [5, 5.41) is 14.1. The zero-order valence-corrected chi connectivity index (χ0v) is 11.6. The van der Waals surface area contributed by atoms with Gasteiger partial charge in [-0.3, -0.25) is 0 Å². The van der Waals surface area contributed by atoms with Gasteiger partial charge in [0.1, 0.15) is 0 Å². The van der Waals surface area contributed by atoms with Gasteiger partial charge in [0, 0.05) is 6.54 Å². The van der Waals surface area contributed by atoms with Crippen LogP contribution in [0.5, 0.6) is 0 Å². The zero-order valence-electron chi connectivity index (χ0n) is 11.6. The van der Waals surface area contributed by atoms with Gasteiger partial charge in [-0.25, -0.2) is 0 Å². The van der Waals surface area contributed by atoms with Gasteiger partial charge in [-0.1, -0.05) is 60.7 Å². The summed E-state index contributed by atoms with van der Waals surface area (Å²) in [6, 6.07) is 20.7. The Kier molecular flexibility index (Phi) is 3.86. The highest BCUT2D eigenvalue weighted by Crippen LogP contribution is 2.39. The van der Waals surface area contributed by atoms with Crippen LogP contribution in [0.3, 0.4) is 0 Å². The van der Waals surface area contributed by atoms with Crippen LogP contribution in [0.4, 0.5) is 0 Å². The molecule has 1 fully saturated rings. The van der Waals surface area contributed by atoms with E-state index >= 15 is 0 Å². The number of hydrogen-bond donors (Lipinski definition) is 2. The molecule has 2 N–H and O–H groups in total. The van der Waals surface area contributed by atoms with Crippen LogP contribution in [0.15, 0.2) is 60.7 Å². The van der Waals surface area contributed by atoms with Crippen molar-refractivity contribution in [2.75, 3.05) is 0 Å². The standard InChI is InChI=1S/C18H21NO/c20-17-12-7-13-18(17,16-10-5-2-6-11-16)19-14-15-8-3-1-4-9-15/h1-6,8-11,17,19-20H,7,12-14H2/t17-,18-/m0/s1. The van der Waals surface area contributed by atoms with Crippen molar-refractivity contribution in [2.24, 2.45) is 0 Å². The lowest BCUT2D eigenvalue weighted by Gasteiger charge is -2.35. The Hall–Kier alpha value is -1.64. The molecule has 2 atom stereocenters. The summed E-state index contributed by atoms with van der Waals surface area (Å²) in [4.78, 5) is 0. The predicted molar refractivity (Wildman–Crippen MR) is 81.3 cm³/mol. The number of nitrogens with one attached hydrogen (secondary N) is 1. The van der Waals surface area contributed by atoms with Gasteiger partial charge in [-0.15, -0.1) is 0 Å². The van der Waals surface area contributed by atoms with Gasteiger partial charge in [0.05, 0.1) is 11.6 Å². The van der Waals surface area contributed by atoms with Gasteiger partial charge in [-0.05, 0) is 30.4 Å². The minimum atomic E-state index is -0.311. The molecule has 0 saturated heterocycles. The van der Waals surface area contributed by atoms with E-state index < -0.39 is 0 Å². The van der Waals surface area contributed by atoms with Crippen molar-refractivity contribution in [2.45, 2.75) is 37.5 Å². The van der Waals surface area contributed by atoms with Crippen molar-refractivity contribution < 1.29 is 5.11 Å². The van der Waals surface area contributed by atoms with Gasteiger partial charge in [0.25, 0.3) is 0 Å². The minimum Gasteiger partial charge on any atom is -0.391 e. The van der Waals surface area contributed by atoms with Crippen LogP contribution in [-0.4, -0.2) is 11.2 Å². The van der Waals surface area contributed by atoms with Crippen LogP contribution >= 0.6 is 0 Å². The maximum atomic E-state index is 10.5. The van der Waals surface area contributed by atoms with Crippen LogP contribution in [-0.2, 0) is 12.1 Å².